The summed E-state index contributed by atoms with van der Waals surface area (Å²) in [6.45, 7) is 3.98. The number of aryl methyl sites for hydroxylation is 1. The number of anilines is 1. The largest absolute Gasteiger partial charge is 0.416 e. The van der Waals surface area contributed by atoms with Crippen LogP contribution in [0.2, 0.25) is 0 Å². The van der Waals surface area contributed by atoms with E-state index in [2.05, 4.69) is 12.2 Å². The summed E-state index contributed by atoms with van der Waals surface area (Å²) in [5.41, 5.74) is 0.895. The van der Waals surface area contributed by atoms with Gasteiger partial charge in [-0.05, 0) is 43.4 Å². The van der Waals surface area contributed by atoms with E-state index in [9.17, 15) is 13.2 Å². The van der Waals surface area contributed by atoms with Crippen LogP contribution in [-0.4, -0.2) is 6.04 Å². The van der Waals surface area contributed by atoms with Crippen molar-refractivity contribution in [2.75, 3.05) is 5.32 Å². The van der Waals surface area contributed by atoms with Gasteiger partial charge in [0.15, 0.2) is 0 Å². The minimum Gasteiger partial charge on any atom is -0.382 e. The summed E-state index contributed by atoms with van der Waals surface area (Å²) in [6.07, 6.45) is -0.936. The van der Waals surface area contributed by atoms with Gasteiger partial charge < -0.3 is 5.32 Å². The molecule has 100 valence electrons. The Morgan fingerprint density at radius 1 is 1.22 bits per heavy atom. The molecular formula is C14H18F3N. The Labute approximate surface area is 105 Å². The topological polar surface area (TPSA) is 12.0 Å². The zero-order valence-electron chi connectivity index (χ0n) is 10.6. The van der Waals surface area contributed by atoms with E-state index in [4.69, 9.17) is 0 Å². The quantitative estimate of drug-likeness (QED) is 0.815. The van der Waals surface area contributed by atoms with E-state index in [1.165, 1.54) is 12.1 Å². The normalized spacial score (nSPS) is 24.3. The van der Waals surface area contributed by atoms with E-state index >= 15 is 0 Å². The molecule has 1 nitrogen and oxygen atoms in total. The zero-order valence-corrected chi connectivity index (χ0v) is 10.6. The average molecular weight is 257 g/mol. The van der Waals surface area contributed by atoms with Gasteiger partial charge in [-0.1, -0.05) is 19.4 Å². The van der Waals surface area contributed by atoms with Gasteiger partial charge in [-0.15, -0.1) is 0 Å². The van der Waals surface area contributed by atoms with Crippen molar-refractivity contribution in [2.45, 2.75) is 45.3 Å². The maximum absolute atomic E-state index is 12.7. The first-order valence-electron chi connectivity index (χ1n) is 6.32. The molecule has 0 spiro atoms. The molecule has 1 aromatic rings. The summed E-state index contributed by atoms with van der Waals surface area (Å²) in [7, 11) is 0. The van der Waals surface area contributed by atoms with Crippen LogP contribution in [0.5, 0.6) is 0 Å². The lowest BCUT2D eigenvalue weighted by atomic mass is 10.0. The van der Waals surface area contributed by atoms with E-state index in [0.717, 1.165) is 30.9 Å². The van der Waals surface area contributed by atoms with Crippen molar-refractivity contribution < 1.29 is 13.2 Å². The fourth-order valence-corrected chi connectivity index (χ4v) is 2.51. The highest BCUT2D eigenvalue weighted by molar-refractivity contribution is 5.54. The number of alkyl halides is 3. The number of nitrogens with one attached hydrogen (secondary N) is 1. The van der Waals surface area contributed by atoms with Gasteiger partial charge in [0.2, 0.25) is 0 Å². The molecule has 1 fully saturated rings. The lowest BCUT2D eigenvalue weighted by Crippen LogP contribution is -2.22. The molecule has 2 atom stereocenters. The van der Waals surface area contributed by atoms with Gasteiger partial charge in [0.05, 0.1) is 5.56 Å². The second-order valence-electron chi connectivity index (χ2n) is 5.19. The molecule has 0 amide bonds. The van der Waals surface area contributed by atoms with Gasteiger partial charge in [0.1, 0.15) is 0 Å². The van der Waals surface area contributed by atoms with Crippen molar-refractivity contribution in [2.24, 2.45) is 5.92 Å². The first kappa shape index (κ1) is 13.2. The third kappa shape index (κ3) is 2.79. The van der Waals surface area contributed by atoms with E-state index in [1.54, 1.807) is 0 Å². The minimum atomic E-state index is -4.27. The van der Waals surface area contributed by atoms with Crippen LogP contribution in [0.25, 0.3) is 0 Å². The van der Waals surface area contributed by atoms with Crippen LogP contribution in [0.3, 0.4) is 0 Å². The molecule has 1 aromatic carbocycles. The van der Waals surface area contributed by atoms with Gasteiger partial charge in [0, 0.05) is 11.7 Å². The van der Waals surface area contributed by atoms with E-state index in [0.29, 0.717) is 17.6 Å². The van der Waals surface area contributed by atoms with Crippen molar-refractivity contribution in [1.82, 2.24) is 0 Å². The molecule has 0 heterocycles. The molecule has 18 heavy (non-hydrogen) atoms. The third-order valence-electron chi connectivity index (χ3n) is 3.77. The Kier molecular flexibility index (Phi) is 3.55. The Morgan fingerprint density at radius 3 is 2.50 bits per heavy atom. The summed E-state index contributed by atoms with van der Waals surface area (Å²) in [5.74, 6) is 0.527. The molecule has 1 aliphatic carbocycles. The molecule has 0 aromatic heterocycles. The molecule has 1 saturated carbocycles. The highest BCUT2D eigenvalue weighted by Gasteiger charge is 2.31. The summed E-state index contributed by atoms with van der Waals surface area (Å²) >= 11 is 0. The summed E-state index contributed by atoms with van der Waals surface area (Å²) in [5, 5.41) is 3.27. The summed E-state index contributed by atoms with van der Waals surface area (Å²) < 4.78 is 38.0. The van der Waals surface area contributed by atoms with Crippen molar-refractivity contribution in [3.63, 3.8) is 0 Å². The summed E-state index contributed by atoms with van der Waals surface area (Å²) in [6, 6.07) is 4.19. The lowest BCUT2D eigenvalue weighted by molar-refractivity contribution is -0.137. The standard InChI is InChI=1S/C14H18F3N/c1-9-4-3-5-12(9)18-13-8-11(14(15,16)17)7-6-10(13)2/h6-9,12,18H,3-5H2,1-2H3. The van der Waals surface area contributed by atoms with Gasteiger partial charge in [-0.25, -0.2) is 0 Å². The highest BCUT2D eigenvalue weighted by atomic mass is 19.4. The van der Waals surface area contributed by atoms with E-state index in [-0.39, 0.29) is 0 Å². The van der Waals surface area contributed by atoms with Crippen LogP contribution in [0.1, 0.15) is 37.3 Å². The predicted molar refractivity (Wildman–Crippen MR) is 66.6 cm³/mol. The predicted octanol–water partition coefficient (Wildman–Crippen LogP) is 4.61. The minimum absolute atomic E-state index is 0.298. The van der Waals surface area contributed by atoms with Crippen LogP contribution in [0.4, 0.5) is 18.9 Å². The van der Waals surface area contributed by atoms with Gasteiger partial charge >= 0.3 is 6.18 Å². The Hall–Kier alpha value is -1.19. The second kappa shape index (κ2) is 4.82. The number of rotatable bonds is 2. The first-order chi connectivity index (χ1) is 8.38. The van der Waals surface area contributed by atoms with Gasteiger partial charge in [-0.2, -0.15) is 13.2 Å². The van der Waals surface area contributed by atoms with Crippen molar-refractivity contribution in [3.8, 4) is 0 Å². The lowest BCUT2D eigenvalue weighted by Gasteiger charge is -2.21. The Morgan fingerprint density at radius 2 is 1.94 bits per heavy atom. The molecule has 0 bridgehead atoms. The monoisotopic (exact) mass is 257 g/mol. The van der Waals surface area contributed by atoms with Crippen LogP contribution in [0, 0.1) is 12.8 Å². The number of benzene rings is 1. The van der Waals surface area contributed by atoms with Crippen LogP contribution in [0.15, 0.2) is 18.2 Å². The van der Waals surface area contributed by atoms with Crippen LogP contribution in [-0.2, 0) is 6.18 Å². The van der Waals surface area contributed by atoms with Crippen LogP contribution >= 0.6 is 0 Å². The average Bonchev–Trinajstić information content (AvgIpc) is 2.66. The molecule has 4 heteroatoms. The van der Waals surface area contributed by atoms with E-state index in [1.807, 2.05) is 6.92 Å². The van der Waals surface area contributed by atoms with Crippen molar-refractivity contribution >= 4 is 5.69 Å². The van der Waals surface area contributed by atoms with E-state index < -0.39 is 11.7 Å². The molecule has 1 N–H and O–H groups in total. The first-order valence-corrected chi connectivity index (χ1v) is 6.32. The third-order valence-corrected chi connectivity index (χ3v) is 3.77. The molecule has 2 unspecified atom stereocenters. The smallest absolute Gasteiger partial charge is 0.382 e. The molecule has 1 aliphatic rings. The highest BCUT2D eigenvalue weighted by Crippen LogP contribution is 2.34. The van der Waals surface area contributed by atoms with Crippen LogP contribution < -0.4 is 5.32 Å². The fourth-order valence-electron chi connectivity index (χ4n) is 2.51. The molecule has 0 saturated heterocycles. The molecular weight excluding hydrogens is 239 g/mol. The Bertz CT molecular complexity index is 426. The second-order valence-corrected chi connectivity index (χ2v) is 5.19. The Balaban J connectivity index is 2.21. The maximum Gasteiger partial charge on any atom is 0.416 e. The molecule has 2 rings (SSSR count). The zero-order chi connectivity index (χ0) is 13.3. The number of halogens is 3. The van der Waals surface area contributed by atoms with Crippen molar-refractivity contribution in [1.29, 1.82) is 0 Å². The number of hydrogen-bond donors (Lipinski definition) is 1. The maximum atomic E-state index is 12.7. The van der Waals surface area contributed by atoms with Gasteiger partial charge in [-0.3, -0.25) is 0 Å². The van der Waals surface area contributed by atoms with Crippen molar-refractivity contribution in [3.05, 3.63) is 29.3 Å². The molecule has 0 radical (unpaired) electrons. The molecule has 0 aliphatic heterocycles. The van der Waals surface area contributed by atoms with Gasteiger partial charge in [0.25, 0.3) is 0 Å². The fraction of sp³-hybridized carbons (Fsp3) is 0.571. The SMILES string of the molecule is Cc1ccc(C(F)(F)F)cc1NC1CCCC1C. The summed E-state index contributed by atoms with van der Waals surface area (Å²) in [4.78, 5) is 0. The number of hydrogen-bond acceptors (Lipinski definition) is 1.